The molecule has 0 saturated carbocycles. The van der Waals surface area contributed by atoms with Crippen LogP contribution >= 0.6 is 0 Å². The Hall–Kier alpha value is -1.13. The van der Waals surface area contributed by atoms with E-state index >= 15 is 0 Å². The smallest absolute Gasteiger partial charge is 0.178 e. The molecule has 0 fully saturated rings. The summed E-state index contributed by atoms with van der Waals surface area (Å²) in [5.74, 6) is 0.117. The van der Waals surface area contributed by atoms with Gasteiger partial charge in [-0.3, -0.25) is 9.69 Å². The molecule has 0 aliphatic heterocycles. The van der Waals surface area contributed by atoms with Crippen LogP contribution in [0.1, 0.15) is 35.6 Å². The van der Waals surface area contributed by atoms with E-state index in [-0.39, 0.29) is 5.78 Å². The maximum atomic E-state index is 12.2. The van der Waals surface area contributed by atoms with Crippen LogP contribution in [0, 0.1) is 13.8 Å². The van der Waals surface area contributed by atoms with Crippen molar-refractivity contribution >= 4 is 5.78 Å². The molecular formula is C14H24N2O2. The molecule has 0 aliphatic rings. The average molecular weight is 252 g/mol. The van der Waals surface area contributed by atoms with Gasteiger partial charge in [0.05, 0.1) is 12.6 Å². The van der Waals surface area contributed by atoms with Crippen molar-refractivity contribution in [3.8, 4) is 0 Å². The predicted octanol–water partition coefficient (Wildman–Crippen LogP) is 1.62. The van der Waals surface area contributed by atoms with Gasteiger partial charge in [-0.05, 0) is 40.8 Å². The van der Waals surface area contributed by atoms with Crippen molar-refractivity contribution in [1.82, 2.24) is 9.47 Å². The van der Waals surface area contributed by atoms with E-state index in [1.54, 1.807) is 6.92 Å². The number of carbonyl (C=O) groups is 1. The van der Waals surface area contributed by atoms with Crippen LogP contribution in [-0.2, 0) is 6.54 Å². The zero-order valence-corrected chi connectivity index (χ0v) is 12.0. The first-order valence-electron chi connectivity index (χ1n) is 6.43. The van der Waals surface area contributed by atoms with Crippen molar-refractivity contribution < 1.29 is 9.90 Å². The minimum absolute atomic E-state index is 0.117. The van der Waals surface area contributed by atoms with Crippen molar-refractivity contribution in [2.75, 3.05) is 20.1 Å². The van der Waals surface area contributed by atoms with Gasteiger partial charge >= 0.3 is 0 Å². The van der Waals surface area contributed by atoms with Gasteiger partial charge in [-0.2, -0.15) is 0 Å². The zero-order chi connectivity index (χ0) is 13.9. The average Bonchev–Trinajstić information content (AvgIpc) is 2.52. The summed E-state index contributed by atoms with van der Waals surface area (Å²) < 4.78 is 2.14. The van der Waals surface area contributed by atoms with Crippen LogP contribution in [0.4, 0.5) is 0 Å². The van der Waals surface area contributed by atoms with Crippen LogP contribution in [-0.4, -0.2) is 46.6 Å². The Kier molecular flexibility index (Phi) is 5.11. The normalized spacial score (nSPS) is 13.1. The molecule has 1 heterocycles. The number of hydrogen-bond donors (Lipinski definition) is 1. The Bertz CT molecular complexity index is 422. The molecule has 1 N–H and O–H groups in total. The predicted molar refractivity (Wildman–Crippen MR) is 73.1 cm³/mol. The maximum absolute atomic E-state index is 12.2. The van der Waals surface area contributed by atoms with Gasteiger partial charge in [-0.25, -0.2) is 0 Å². The van der Waals surface area contributed by atoms with Gasteiger partial charge in [0.1, 0.15) is 0 Å². The second-order valence-electron chi connectivity index (χ2n) is 5.00. The summed E-state index contributed by atoms with van der Waals surface area (Å²) in [6.07, 6.45) is -0.411. The summed E-state index contributed by atoms with van der Waals surface area (Å²) in [5, 5.41) is 9.29. The lowest BCUT2D eigenvalue weighted by Gasteiger charge is -2.17. The number of aliphatic hydroxyl groups is 1. The number of rotatable bonds is 6. The molecule has 0 radical (unpaired) electrons. The molecule has 4 heteroatoms. The number of aryl methyl sites for hydroxylation is 1. The van der Waals surface area contributed by atoms with Crippen LogP contribution in [0.5, 0.6) is 0 Å². The van der Waals surface area contributed by atoms with E-state index in [9.17, 15) is 9.90 Å². The Morgan fingerprint density at radius 2 is 2.11 bits per heavy atom. The van der Waals surface area contributed by atoms with Gasteiger partial charge in [0.2, 0.25) is 0 Å². The quantitative estimate of drug-likeness (QED) is 0.783. The fourth-order valence-corrected chi connectivity index (χ4v) is 2.42. The van der Waals surface area contributed by atoms with E-state index in [0.29, 0.717) is 13.1 Å². The van der Waals surface area contributed by atoms with Crippen molar-refractivity contribution in [3.63, 3.8) is 0 Å². The number of nitrogens with zero attached hydrogens (tertiary/aromatic N) is 2. The number of hydrogen-bond acceptors (Lipinski definition) is 3. The minimum Gasteiger partial charge on any atom is -0.392 e. The molecule has 1 aromatic heterocycles. The summed E-state index contributed by atoms with van der Waals surface area (Å²) >= 11 is 0. The lowest BCUT2D eigenvalue weighted by Crippen LogP contribution is -2.32. The highest BCUT2D eigenvalue weighted by atomic mass is 16.3. The molecule has 0 bridgehead atoms. The van der Waals surface area contributed by atoms with Gasteiger partial charge in [0.25, 0.3) is 0 Å². The van der Waals surface area contributed by atoms with Crippen LogP contribution in [0.2, 0.25) is 0 Å². The molecule has 102 valence electrons. The topological polar surface area (TPSA) is 45.5 Å². The van der Waals surface area contributed by atoms with Gasteiger partial charge in [0, 0.05) is 30.0 Å². The lowest BCUT2D eigenvalue weighted by atomic mass is 10.1. The maximum Gasteiger partial charge on any atom is 0.178 e. The molecule has 0 amide bonds. The van der Waals surface area contributed by atoms with Crippen LogP contribution in [0.3, 0.4) is 0 Å². The molecule has 1 atom stereocenters. The summed E-state index contributed by atoms with van der Waals surface area (Å²) in [4.78, 5) is 14.1. The molecule has 0 aromatic carbocycles. The number of ketones is 1. The summed E-state index contributed by atoms with van der Waals surface area (Å²) in [6, 6.07) is 1.96. The summed E-state index contributed by atoms with van der Waals surface area (Å²) in [7, 11) is 1.85. The highest BCUT2D eigenvalue weighted by Crippen LogP contribution is 2.15. The number of aromatic nitrogens is 1. The van der Waals surface area contributed by atoms with Crippen molar-refractivity contribution in [2.24, 2.45) is 0 Å². The second-order valence-corrected chi connectivity index (χ2v) is 5.00. The molecule has 0 aliphatic carbocycles. The highest BCUT2D eigenvalue weighted by molar-refractivity contribution is 5.99. The number of Topliss-reactive ketones (excluding diaryl/α,β-unsaturated/α-hetero) is 1. The van der Waals surface area contributed by atoms with E-state index in [2.05, 4.69) is 11.5 Å². The third-order valence-electron chi connectivity index (χ3n) is 3.18. The van der Waals surface area contributed by atoms with E-state index in [4.69, 9.17) is 0 Å². The third kappa shape index (κ3) is 3.43. The largest absolute Gasteiger partial charge is 0.392 e. The molecule has 1 unspecified atom stereocenters. The van der Waals surface area contributed by atoms with Crippen LogP contribution in [0.25, 0.3) is 0 Å². The zero-order valence-electron chi connectivity index (χ0n) is 12.0. The molecule has 18 heavy (non-hydrogen) atoms. The fraction of sp³-hybridized carbons (Fsp3) is 0.643. The van der Waals surface area contributed by atoms with E-state index < -0.39 is 6.10 Å². The number of carbonyl (C=O) groups excluding carboxylic acids is 1. The lowest BCUT2D eigenvalue weighted by molar-refractivity contribution is 0.0900. The van der Waals surface area contributed by atoms with Gasteiger partial charge in [-0.1, -0.05) is 0 Å². The molecule has 0 spiro atoms. The molecule has 4 nitrogen and oxygen atoms in total. The Morgan fingerprint density at radius 1 is 1.50 bits per heavy atom. The van der Waals surface area contributed by atoms with Gasteiger partial charge in [-0.15, -0.1) is 0 Å². The molecule has 1 aromatic rings. The standard InChI is InChI=1S/C14H24N2O2/c1-6-16-10(2)7-13(12(16)4)14(18)9-15(5)8-11(3)17/h7,11,17H,6,8-9H2,1-5H3. The van der Waals surface area contributed by atoms with E-state index in [0.717, 1.165) is 23.5 Å². The molecular weight excluding hydrogens is 228 g/mol. The third-order valence-corrected chi connectivity index (χ3v) is 3.18. The van der Waals surface area contributed by atoms with E-state index in [1.807, 2.05) is 31.9 Å². The number of likely N-dealkylation sites (N-methyl/N-ethyl adjacent to an activating group) is 1. The Labute approximate surface area is 109 Å². The monoisotopic (exact) mass is 252 g/mol. The first-order valence-corrected chi connectivity index (χ1v) is 6.43. The Balaban J connectivity index is 2.79. The summed E-state index contributed by atoms with van der Waals surface area (Å²) in [6.45, 7) is 9.55. The minimum atomic E-state index is -0.411. The first-order chi connectivity index (χ1) is 8.36. The van der Waals surface area contributed by atoms with Crippen LogP contribution < -0.4 is 0 Å². The van der Waals surface area contributed by atoms with Crippen LogP contribution in [0.15, 0.2) is 6.07 Å². The molecule has 1 rings (SSSR count). The van der Waals surface area contributed by atoms with Gasteiger partial charge in [0.15, 0.2) is 5.78 Å². The van der Waals surface area contributed by atoms with Crippen molar-refractivity contribution in [1.29, 1.82) is 0 Å². The number of aliphatic hydroxyl groups excluding tert-OH is 1. The second kappa shape index (κ2) is 6.16. The fourth-order valence-electron chi connectivity index (χ4n) is 2.42. The van der Waals surface area contributed by atoms with Gasteiger partial charge < -0.3 is 9.67 Å². The highest BCUT2D eigenvalue weighted by Gasteiger charge is 2.16. The van der Waals surface area contributed by atoms with E-state index in [1.165, 1.54) is 0 Å². The summed E-state index contributed by atoms with van der Waals surface area (Å²) in [5.41, 5.74) is 2.95. The first kappa shape index (κ1) is 14.9. The molecule has 0 saturated heterocycles. The Morgan fingerprint density at radius 3 is 2.56 bits per heavy atom. The SMILES string of the molecule is CCn1c(C)cc(C(=O)CN(C)CC(C)O)c1C. The van der Waals surface area contributed by atoms with Crippen molar-refractivity contribution in [3.05, 3.63) is 23.0 Å². The van der Waals surface area contributed by atoms with Crippen molar-refractivity contribution in [2.45, 2.75) is 40.3 Å².